The third kappa shape index (κ3) is 5.47. The molecule has 3 aromatic rings. The lowest BCUT2D eigenvalue weighted by atomic mass is 9.98. The second kappa shape index (κ2) is 11.1. The molecule has 5 nitrogen and oxygen atoms in total. The molecule has 0 spiro atoms. The minimum atomic E-state index is 0.0512. The minimum absolute atomic E-state index is 0.0512. The van der Waals surface area contributed by atoms with Crippen molar-refractivity contribution in [1.82, 2.24) is 9.88 Å². The molecular formula is C27H28Cl2N4O. The molecule has 4 rings (SSSR count). The molecule has 0 N–H and O–H groups in total. The Morgan fingerprint density at radius 1 is 1.09 bits per heavy atom. The van der Waals surface area contributed by atoms with Gasteiger partial charge in [-0.05, 0) is 61.4 Å². The number of nitriles is 1. The monoisotopic (exact) mass is 494 g/mol. The van der Waals surface area contributed by atoms with Crippen molar-refractivity contribution in [2.24, 2.45) is 0 Å². The topological polar surface area (TPSA) is 52.4 Å². The summed E-state index contributed by atoms with van der Waals surface area (Å²) in [4.78, 5) is 9.29. The third-order valence-corrected chi connectivity index (χ3v) is 6.74. The Morgan fingerprint density at radius 2 is 1.85 bits per heavy atom. The summed E-state index contributed by atoms with van der Waals surface area (Å²) >= 11 is 12.2. The van der Waals surface area contributed by atoms with Crippen LogP contribution >= 0.6 is 23.2 Å². The van der Waals surface area contributed by atoms with Crippen molar-refractivity contribution >= 4 is 28.9 Å². The zero-order valence-corrected chi connectivity index (χ0v) is 20.9. The molecular weight excluding hydrogens is 467 g/mol. The van der Waals surface area contributed by atoms with E-state index >= 15 is 0 Å². The van der Waals surface area contributed by atoms with E-state index < -0.39 is 0 Å². The van der Waals surface area contributed by atoms with Gasteiger partial charge in [0.1, 0.15) is 11.8 Å². The van der Waals surface area contributed by atoms with Crippen molar-refractivity contribution < 1.29 is 4.74 Å². The smallest absolute Gasteiger partial charge is 0.120 e. The molecule has 0 bridgehead atoms. The first-order valence-electron chi connectivity index (χ1n) is 11.5. The van der Waals surface area contributed by atoms with Crippen molar-refractivity contribution in [1.29, 1.82) is 5.26 Å². The van der Waals surface area contributed by atoms with Crippen LogP contribution < -0.4 is 9.64 Å². The van der Waals surface area contributed by atoms with Crippen molar-refractivity contribution in [3.05, 3.63) is 87.7 Å². The van der Waals surface area contributed by atoms with Crippen molar-refractivity contribution in [2.45, 2.75) is 32.4 Å². The number of anilines is 1. The summed E-state index contributed by atoms with van der Waals surface area (Å²) in [5, 5.41) is 11.3. The lowest BCUT2D eigenvalue weighted by Gasteiger charge is -2.45. The van der Waals surface area contributed by atoms with Crippen LogP contribution in [0.1, 0.15) is 49.2 Å². The molecule has 1 fully saturated rings. The summed E-state index contributed by atoms with van der Waals surface area (Å²) in [6, 6.07) is 20.2. The average Bonchev–Trinajstić information content (AvgIpc) is 2.87. The molecule has 0 saturated carbocycles. The number of pyridine rings is 1. The van der Waals surface area contributed by atoms with Crippen LogP contribution in [-0.2, 0) is 0 Å². The van der Waals surface area contributed by atoms with Crippen LogP contribution in [0.2, 0.25) is 10.0 Å². The Bertz CT molecular complexity index is 1140. The van der Waals surface area contributed by atoms with E-state index in [-0.39, 0.29) is 12.1 Å². The van der Waals surface area contributed by atoms with E-state index in [2.05, 4.69) is 46.8 Å². The fraction of sp³-hybridized carbons (Fsp3) is 0.333. The molecule has 2 atom stereocenters. The number of halogens is 2. The molecule has 1 saturated heterocycles. The van der Waals surface area contributed by atoms with Gasteiger partial charge in [0.05, 0.1) is 34.6 Å². The Morgan fingerprint density at radius 3 is 2.53 bits per heavy atom. The number of benzene rings is 2. The fourth-order valence-corrected chi connectivity index (χ4v) is 4.64. The highest BCUT2D eigenvalue weighted by molar-refractivity contribution is 6.30. The van der Waals surface area contributed by atoms with E-state index in [4.69, 9.17) is 27.9 Å². The van der Waals surface area contributed by atoms with Crippen LogP contribution in [0.15, 0.2) is 60.8 Å². The van der Waals surface area contributed by atoms with E-state index in [1.54, 1.807) is 6.20 Å². The first-order chi connectivity index (χ1) is 16.5. The summed E-state index contributed by atoms with van der Waals surface area (Å²) in [5.41, 5.74) is 3.68. The van der Waals surface area contributed by atoms with Crippen molar-refractivity contribution in [3.8, 4) is 11.8 Å². The van der Waals surface area contributed by atoms with Gasteiger partial charge in [-0.1, -0.05) is 42.3 Å². The van der Waals surface area contributed by atoms with Gasteiger partial charge in [-0.2, -0.15) is 5.26 Å². The number of nitrogens with zero attached hydrogens (tertiary/aromatic N) is 4. The maximum Gasteiger partial charge on any atom is 0.120 e. The number of hydrogen-bond acceptors (Lipinski definition) is 5. The van der Waals surface area contributed by atoms with Crippen molar-refractivity contribution in [2.75, 3.05) is 31.1 Å². The predicted octanol–water partition coefficient (Wildman–Crippen LogP) is 6.67. The highest BCUT2D eigenvalue weighted by Crippen LogP contribution is 2.37. The van der Waals surface area contributed by atoms with Gasteiger partial charge < -0.3 is 9.64 Å². The maximum absolute atomic E-state index is 9.92. The molecule has 0 amide bonds. The summed E-state index contributed by atoms with van der Waals surface area (Å²) in [6.07, 6.45) is 2.62. The predicted molar refractivity (Wildman–Crippen MR) is 138 cm³/mol. The first kappa shape index (κ1) is 24.3. The quantitative estimate of drug-likeness (QED) is 0.366. The molecule has 2 heterocycles. The Labute approximate surface area is 211 Å². The Balaban J connectivity index is 1.65. The van der Waals surface area contributed by atoms with E-state index in [0.29, 0.717) is 22.2 Å². The highest BCUT2D eigenvalue weighted by atomic mass is 35.5. The largest absolute Gasteiger partial charge is 0.494 e. The van der Waals surface area contributed by atoms with Gasteiger partial charge in [0, 0.05) is 36.9 Å². The SMILES string of the molecule is CCCOc1ccc(N2CCN([C@H](C)c3ccc(Cl)cn3)C[C@H]2c2ccc(Cl)cc2)c(C#N)c1. The summed E-state index contributed by atoms with van der Waals surface area (Å²) in [6.45, 7) is 7.27. The Kier molecular flexibility index (Phi) is 7.95. The number of hydrogen-bond donors (Lipinski definition) is 0. The lowest BCUT2D eigenvalue weighted by Crippen LogP contribution is -2.49. The number of piperazine rings is 1. The van der Waals surface area contributed by atoms with Crippen LogP contribution in [0, 0.1) is 11.3 Å². The molecule has 1 aliphatic rings. The molecule has 7 heteroatoms. The van der Waals surface area contributed by atoms with Gasteiger partial charge in [0.15, 0.2) is 0 Å². The summed E-state index contributed by atoms with van der Waals surface area (Å²) in [7, 11) is 0. The normalized spacial score (nSPS) is 17.3. The maximum atomic E-state index is 9.92. The fourth-order valence-electron chi connectivity index (χ4n) is 4.40. The van der Waals surface area contributed by atoms with Crippen LogP contribution in [0.5, 0.6) is 5.75 Å². The standard InChI is InChI=1S/C27H28Cl2N4O/c1-3-14-34-24-9-11-26(21(15-24)16-30)33-13-12-32(19(2)25-10-8-23(29)17-31-25)18-27(33)20-4-6-22(28)7-5-20/h4-11,15,17,19,27H,3,12-14,18H2,1-2H3/t19-,27+/m1/s1. The van der Waals surface area contributed by atoms with Gasteiger partial charge >= 0.3 is 0 Å². The molecule has 176 valence electrons. The van der Waals surface area contributed by atoms with Gasteiger partial charge in [-0.3, -0.25) is 9.88 Å². The molecule has 1 aromatic heterocycles. The highest BCUT2D eigenvalue weighted by Gasteiger charge is 2.32. The van der Waals surface area contributed by atoms with Gasteiger partial charge in [-0.25, -0.2) is 0 Å². The lowest BCUT2D eigenvalue weighted by molar-refractivity contribution is 0.168. The molecule has 0 unspecified atom stereocenters. The second-order valence-electron chi connectivity index (χ2n) is 8.47. The van der Waals surface area contributed by atoms with E-state index in [0.717, 1.165) is 48.7 Å². The van der Waals surface area contributed by atoms with Crippen LogP contribution in [0.25, 0.3) is 0 Å². The second-order valence-corrected chi connectivity index (χ2v) is 9.35. The number of ether oxygens (including phenoxy) is 1. The first-order valence-corrected chi connectivity index (χ1v) is 12.3. The van der Waals surface area contributed by atoms with E-state index in [1.807, 2.05) is 42.5 Å². The zero-order chi connectivity index (χ0) is 24.1. The van der Waals surface area contributed by atoms with Crippen LogP contribution in [0.3, 0.4) is 0 Å². The van der Waals surface area contributed by atoms with Gasteiger partial charge in [-0.15, -0.1) is 0 Å². The molecule has 34 heavy (non-hydrogen) atoms. The molecule has 1 aliphatic heterocycles. The molecule has 2 aromatic carbocycles. The van der Waals surface area contributed by atoms with Gasteiger partial charge in [0.25, 0.3) is 0 Å². The van der Waals surface area contributed by atoms with Gasteiger partial charge in [0.2, 0.25) is 0 Å². The minimum Gasteiger partial charge on any atom is -0.494 e. The van der Waals surface area contributed by atoms with E-state index in [9.17, 15) is 5.26 Å². The molecule has 0 radical (unpaired) electrons. The zero-order valence-electron chi connectivity index (χ0n) is 19.4. The van der Waals surface area contributed by atoms with Crippen LogP contribution in [0.4, 0.5) is 5.69 Å². The molecule has 0 aliphatic carbocycles. The number of aromatic nitrogens is 1. The van der Waals surface area contributed by atoms with Crippen molar-refractivity contribution in [3.63, 3.8) is 0 Å². The van der Waals surface area contributed by atoms with E-state index in [1.165, 1.54) is 0 Å². The summed E-state index contributed by atoms with van der Waals surface area (Å²) in [5.74, 6) is 0.728. The van der Waals surface area contributed by atoms with Crippen LogP contribution in [-0.4, -0.2) is 36.1 Å². The summed E-state index contributed by atoms with van der Waals surface area (Å²) < 4.78 is 5.76. The number of rotatable bonds is 7. The average molecular weight is 495 g/mol. The Hall–Kier alpha value is -2.78. The third-order valence-electron chi connectivity index (χ3n) is 6.26.